The van der Waals surface area contributed by atoms with Gasteiger partial charge < -0.3 is 9.84 Å². The summed E-state index contributed by atoms with van der Waals surface area (Å²) in [5.41, 5.74) is -0.429. The van der Waals surface area contributed by atoms with E-state index >= 15 is 0 Å². The predicted molar refractivity (Wildman–Crippen MR) is 53.1 cm³/mol. The lowest BCUT2D eigenvalue weighted by molar-refractivity contribution is -0.137. The van der Waals surface area contributed by atoms with Crippen molar-refractivity contribution in [2.24, 2.45) is 0 Å². The van der Waals surface area contributed by atoms with Gasteiger partial charge >= 0.3 is 6.18 Å². The molecule has 0 aliphatic heterocycles. The minimum Gasteiger partial charge on any atom is -0.491 e. The van der Waals surface area contributed by atoms with Crippen molar-refractivity contribution in [2.75, 3.05) is 0 Å². The number of aliphatic hydroxyl groups is 1. The summed E-state index contributed by atoms with van der Waals surface area (Å²) in [5, 5.41) is 8.96. The van der Waals surface area contributed by atoms with Crippen molar-refractivity contribution in [3.63, 3.8) is 0 Å². The van der Waals surface area contributed by atoms with Crippen LogP contribution >= 0.6 is 0 Å². The Morgan fingerprint density at radius 1 is 1.31 bits per heavy atom. The van der Waals surface area contributed by atoms with Gasteiger partial charge in [0, 0.05) is 5.56 Å². The molecule has 16 heavy (non-hydrogen) atoms. The van der Waals surface area contributed by atoms with Gasteiger partial charge in [-0.1, -0.05) is 6.07 Å². The highest BCUT2D eigenvalue weighted by Crippen LogP contribution is 2.33. The summed E-state index contributed by atoms with van der Waals surface area (Å²) in [7, 11) is 0. The molecule has 0 heterocycles. The summed E-state index contributed by atoms with van der Waals surface area (Å²) >= 11 is 0. The van der Waals surface area contributed by atoms with Crippen molar-refractivity contribution in [1.29, 1.82) is 0 Å². The lowest BCUT2D eigenvalue weighted by Crippen LogP contribution is -2.10. The summed E-state index contributed by atoms with van der Waals surface area (Å²) in [6.07, 6.45) is -4.64. The van der Waals surface area contributed by atoms with Crippen LogP contribution in [0, 0.1) is 0 Å². The third kappa shape index (κ3) is 3.13. The van der Waals surface area contributed by atoms with Gasteiger partial charge in [0.1, 0.15) is 5.75 Å². The molecule has 0 atom stereocenters. The lowest BCUT2D eigenvalue weighted by atomic mass is 10.1. The molecule has 1 aromatic carbocycles. The zero-order valence-electron chi connectivity index (χ0n) is 9.01. The largest absolute Gasteiger partial charge is 0.491 e. The predicted octanol–water partition coefficient (Wildman–Crippen LogP) is 2.98. The Kier molecular flexibility index (Phi) is 3.80. The van der Waals surface area contributed by atoms with Crippen LogP contribution in [0.4, 0.5) is 13.2 Å². The van der Waals surface area contributed by atoms with Gasteiger partial charge in [-0.15, -0.1) is 0 Å². The molecule has 0 aliphatic rings. The molecule has 0 saturated carbocycles. The first-order chi connectivity index (χ1) is 7.34. The Bertz CT molecular complexity index is 359. The van der Waals surface area contributed by atoms with Crippen LogP contribution in [0.3, 0.4) is 0 Å². The Hall–Kier alpha value is -1.23. The van der Waals surface area contributed by atoms with Crippen LogP contribution in [0.25, 0.3) is 0 Å². The summed E-state index contributed by atoms with van der Waals surface area (Å²) in [6.45, 7) is 3.07. The zero-order chi connectivity index (χ0) is 12.3. The summed E-state index contributed by atoms with van der Waals surface area (Å²) in [5.74, 6) is 0.0762. The molecule has 1 N–H and O–H groups in total. The average Bonchev–Trinajstić information content (AvgIpc) is 2.15. The Morgan fingerprint density at radius 3 is 2.38 bits per heavy atom. The maximum atomic E-state index is 12.4. The molecule has 0 radical (unpaired) electrons. The molecule has 0 aromatic heterocycles. The van der Waals surface area contributed by atoms with Gasteiger partial charge in [0.15, 0.2) is 0 Å². The Balaban J connectivity index is 3.11. The number of halogens is 3. The van der Waals surface area contributed by atoms with Crippen molar-refractivity contribution in [1.82, 2.24) is 0 Å². The first-order valence-electron chi connectivity index (χ1n) is 4.82. The highest BCUT2D eigenvalue weighted by atomic mass is 19.4. The smallest absolute Gasteiger partial charge is 0.416 e. The maximum Gasteiger partial charge on any atom is 0.416 e. The van der Waals surface area contributed by atoms with Crippen molar-refractivity contribution in [3.05, 3.63) is 29.3 Å². The highest BCUT2D eigenvalue weighted by Gasteiger charge is 2.31. The molecule has 90 valence electrons. The second-order valence-corrected chi connectivity index (χ2v) is 3.64. The molecule has 0 saturated heterocycles. The van der Waals surface area contributed by atoms with Gasteiger partial charge in [0.2, 0.25) is 0 Å². The monoisotopic (exact) mass is 234 g/mol. The average molecular weight is 234 g/mol. The molecule has 0 bridgehead atoms. The van der Waals surface area contributed by atoms with Gasteiger partial charge in [-0.05, 0) is 26.0 Å². The van der Waals surface area contributed by atoms with E-state index < -0.39 is 11.7 Å². The number of ether oxygens (including phenoxy) is 1. The fourth-order valence-electron chi connectivity index (χ4n) is 1.23. The second-order valence-electron chi connectivity index (χ2n) is 3.64. The van der Waals surface area contributed by atoms with Crippen molar-refractivity contribution < 1.29 is 23.0 Å². The van der Waals surface area contributed by atoms with E-state index in [0.717, 1.165) is 12.1 Å². The number of hydrogen-bond acceptors (Lipinski definition) is 2. The molecule has 1 aromatic rings. The Labute approximate surface area is 91.7 Å². The van der Waals surface area contributed by atoms with E-state index in [0.29, 0.717) is 5.56 Å². The fourth-order valence-corrected chi connectivity index (χ4v) is 1.23. The van der Waals surface area contributed by atoms with Crippen LogP contribution in [0.1, 0.15) is 25.0 Å². The third-order valence-corrected chi connectivity index (χ3v) is 1.93. The van der Waals surface area contributed by atoms with E-state index in [2.05, 4.69) is 0 Å². The van der Waals surface area contributed by atoms with Crippen LogP contribution < -0.4 is 4.74 Å². The molecule has 0 spiro atoms. The molecular formula is C11H13F3O2. The van der Waals surface area contributed by atoms with E-state index in [1.165, 1.54) is 6.07 Å². The first-order valence-corrected chi connectivity index (χ1v) is 4.82. The van der Waals surface area contributed by atoms with E-state index in [-0.39, 0.29) is 18.5 Å². The molecule has 1 rings (SSSR count). The van der Waals surface area contributed by atoms with E-state index in [4.69, 9.17) is 9.84 Å². The normalized spacial score (nSPS) is 11.9. The van der Waals surface area contributed by atoms with Gasteiger partial charge in [-0.2, -0.15) is 13.2 Å². The molecule has 0 aliphatic carbocycles. The lowest BCUT2D eigenvalue weighted by Gasteiger charge is -2.15. The zero-order valence-corrected chi connectivity index (χ0v) is 9.01. The summed E-state index contributed by atoms with van der Waals surface area (Å²) in [4.78, 5) is 0. The third-order valence-electron chi connectivity index (χ3n) is 1.93. The van der Waals surface area contributed by atoms with Crippen LogP contribution in [0.2, 0.25) is 0 Å². The quantitative estimate of drug-likeness (QED) is 0.871. The van der Waals surface area contributed by atoms with Crippen molar-refractivity contribution in [2.45, 2.75) is 32.7 Å². The summed E-state index contributed by atoms with van der Waals surface area (Å²) in [6, 6.07) is 3.06. The molecule has 5 heteroatoms. The van der Waals surface area contributed by atoms with Crippen LogP contribution in [-0.2, 0) is 12.8 Å². The van der Waals surface area contributed by atoms with E-state index in [1.54, 1.807) is 13.8 Å². The highest BCUT2D eigenvalue weighted by molar-refractivity contribution is 5.38. The summed E-state index contributed by atoms with van der Waals surface area (Å²) < 4.78 is 42.5. The second kappa shape index (κ2) is 4.74. The first kappa shape index (κ1) is 12.8. The molecular weight excluding hydrogens is 221 g/mol. The molecule has 0 amide bonds. The fraction of sp³-hybridized carbons (Fsp3) is 0.455. The van der Waals surface area contributed by atoms with Crippen LogP contribution in [0.5, 0.6) is 5.75 Å². The number of rotatable bonds is 3. The number of alkyl halides is 3. The number of benzene rings is 1. The topological polar surface area (TPSA) is 29.5 Å². The Morgan fingerprint density at radius 2 is 1.94 bits per heavy atom. The minimum absolute atomic E-state index is 0.0762. The number of aliphatic hydroxyl groups excluding tert-OH is 1. The van der Waals surface area contributed by atoms with Crippen LogP contribution in [-0.4, -0.2) is 11.2 Å². The van der Waals surface area contributed by atoms with Crippen molar-refractivity contribution in [3.8, 4) is 5.75 Å². The SMILES string of the molecule is CC(C)Oc1cc(C(F)(F)F)ccc1CO. The standard InChI is InChI=1S/C11H13F3O2/c1-7(2)16-10-5-9(11(12,13)14)4-3-8(10)6-15/h3-5,7,15H,6H2,1-2H3. The van der Waals surface area contributed by atoms with Crippen LogP contribution in [0.15, 0.2) is 18.2 Å². The van der Waals surface area contributed by atoms with Gasteiger partial charge in [0.25, 0.3) is 0 Å². The van der Waals surface area contributed by atoms with Gasteiger partial charge in [0.05, 0.1) is 18.3 Å². The molecule has 0 unspecified atom stereocenters. The van der Waals surface area contributed by atoms with Gasteiger partial charge in [-0.25, -0.2) is 0 Å². The minimum atomic E-state index is -4.40. The van der Waals surface area contributed by atoms with Crippen molar-refractivity contribution >= 4 is 0 Å². The van der Waals surface area contributed by atoms with Gasteiger partial charge in [-0.3, -0.25) is 0 Å². The number of hydrogen-bond donors (Lipinski definition) is 1. The van der Waals surface area contributed by atoms with E-state index in [9.17, 15) is 13.2 Å². The maximum absolute atomic E-state index is 12.4. The molecule has 2 nitrogen and oxygen atoms in total. The van der Waals surface area contributed by atoms with E-state index in [1.807, 2.05) is 0 Å². The molecule has 0 fully saturated rings.